The van der Waals surface area contributed by atoms with Crippen molar-refractivity contribution in [3.63, 3.8) is 0 Å². The van der Waals surface area contributed by atoms with Crippen molar-refractivity contribution in [2.24, 2.45) is 0 Å². The van der Waals surface area contributed by atoms with Gasteiger partial charge in [-0.2, -0.15) is 0 Å². The highest BCUT2D eigenvalue weighted by molar-refractivity contribution is 5.82. The van der Waals surface area contributed by atoms with Crippen molar-refractivity contribution in [1.29, 1.82) is 0 Å². The van der Waals surface area contributed by atoms with Gasteiger partial charge in [0.15, 0.2) is 0 Å². The molecule has 0 spiro atoms. The first-order valence-electron chi connectivity index (χ1n) is 9.25. The molecule has 2 heterocycles. The number of ether oxygens (including phenoxy) is 2. The molecule has 1 aliphatic rings. The Hall–Kier alpha value is -1.59. The lowest BCUT2D eigenvalue weighted by Crippen LogP contribution is -2.37. The molecule has 0 radical (unpaired) electrons. The molecule has 0 aliphatic carbocycles. The molecule has 2 aromatic rings. The van der Waals surface area contributed by atoms with Crippen LogP contribution in [0.4, 0.5) is 0 Å². The summed E-state index contributed by atoms with van der Waals surface area (Å²) in [5.41, 5.74) is 2.16. The van der Waals surface area contributed by atoms with Gasteiger partial charge in [0, 0.05) is 26.2 Å². The van der Waals surface area contributed by atoms with Crippen molar-refractivity contribution in [3.8, 4) is 5.75 Å². The number of para-hydroxylation sites is 1. The van der Waals surface area contributed by atoms with Crippen LogP contribution in [0.1, 0.15) is 32.6 Å². The minimum absolute atomic E-state index is 0.747. The first-order chi connectivity index (χ1) is 11.9. The van der Waals surface area contributed by atoms with Crippen LogP contribution in [-0.2, 0) is 11.3 Å². The minimum atomic E-state index is 0.747. The summed E-state index contributed by atoms with van der Waals surface area (Å²) in [6.45, 7) is 8.87. The lowest BCUT2D eigenvalue weighted by molar-refractivity contribution is 0.0358. The highest BCUT2D eigenvalue weighted by atomic mass is 16.5. The molecule has 1 aromatic heterocycles. The number of rotatable bonds is 9. The normalized spacial score (nSPS) is 15.9. The summed E-state index contributed by atoms with van der Waals surface area (Å²) >= 11 is 0. The van der Waals surface area contributed by atoms with Gasteiger partial charge in [-0.3, -0.25) is 4.90 Å². The third kappa shape index (κ3) is 4.48. The number of hydrogen-bond acceptors (Lipinski definition) is 4. The van der Waals surface area contributed by atoms with Crippen LogP contribution in [0, 0.1) is 0 Å². The van der Waals surface area contributed by atoms with Crippen molar-refractivity contribution in [2.75, 3.05) is 39.5 Å². The van der Waals surface area contributed by atoms with Gasteiger partial charge in [-0.1, -0.05) is 25.8 Å². The second-order valence-corrected chi connectivity index (χ2v) is 6.42. The van der Waals surface area contributed by atoms with Gasteiger partial charge in [-0.05, 0) is 25.0 Å². The molecule has 132 valence electrons. The summed E-state index contributed by atoms with van der Waals surface area (Å²) in [5.74, 6) is 0.962. The molecule has 0 unspecified atom stereocenters. The Morgan fingerprint density at radius 1 is 1.12 bits per heavy atom. The van der Waals surface area contributed by atoms with Gasteiger partial charge in [0.05, 0.1) is 31.7 Å². The number of fused-ring (bicyclic) bond motifs is 1. The van der Waals surface area contributed by atoms with Crippen LogP contribution < -0.4 is 4.74 Å². The lowest BCUT2D eigenvalue weighted by atomic mass is 10.2. The number of hydrogen-bond donors (Lipinski definition) is 0. The Morgan fingerprint density at radius 2 is 2.00 bits per heavy atom. The third-order valence-corrected chi connectivity index (χ3v) is 4.58. The van der Waals surface area contributed by atoms with E-state index in [9.17, 15) is 0 Å². The second-order valence-electron chi connectivity index (χ2n) is 6.42. The van der Waals surface area contributed by atoms with E-state index in [4.69, 9.17) is 9.47 Å². The van der Waals surface area contributed by atoms with E-state index in [1.54, 1.807) is 0 Å². The van der Waals surface area contributed by atoms with E-state index in [0.717, 1.165) is 69.2 Å². The quantitative estimate of drug-likeness (QED) is 0.661. The molecule has 1 aromatic carbocycles. The zero-order valence-electron chi connectivity index (χ0n) is 14.7. The first kappa shape index (κ1) is 17.2. The van der Waals surface area contributed by atoms with Crippen LogP contribution in [0.3, 0.4) is 0 Å². The van der Waals surface area contributed by atoms with Crippen LogP contribution >= 0.6 is 0 Å². The average Bonchev–Trinajstić information content (AvgIpc) is 3.04. The summed E-state index contributed by atoms with van der Waals surface area (Å²) < 4.78 is 13.7. The van der Waals surface area contributed by atoms with E-state index in [2.05, 4.69) is 33.5 Å². The number of morpholine rings is 1. The summed E-state index contributed by atoms with van der Waals surface area (Å²) in [6.07, 6.45) is 6.66. The molecule has 5 nitrogen and oxygen atoms in total. The van der Waals surface area contributed by atoms with Crippen LogP contribution in [0.5, 0.6) is 5.75 Å². The van der Waals surface area contributed by atoms with Gasteiger partial charge < -0.3 is 14.0 Å². The van der Waals surface area contributed by atoms with Crippen molar-refractivity contribution in [1.82, 2.24) is 14.5 Å². The van der Waals surface area contributed by atoms with Crippen LogP contribution in [0.2, 0.25) is 0 Å². The fraction of sp³-hybridized carbons (Fsp3) is 0.632. The molecule has 0 saturated carbocycles. The zero-order chi connectivity index (χ0) is 16.6. The van der Waals surface area contributed by atoms with E-state index < -0.39 is 0 Å². The van der Waals surface area contributed by atoms with Gasteiger partial charge in [-0.15, -0.1) is 0 Å². The Kier molecular flexibility index (Phi) is 6.49. The van der Waals surface area contributed by atoms with Crippen LogP contribution in [0.25, 0.3) is 11.0 Å². The predicted molar refractivity (Wildman–Crippen MR) is 96.6 cm³/mol. The van der Waals surface area contributed by atoms with Gasteiger partial charge >= 0.3 is 0 Å². The van der Waals surface area contributed by atoms with E-state index in [0.29, 0.717) is 0 Å². The molecule has 24 heavy (non-hydrogen) atoms. The average molecular weight is 331 g/mol. The fourth-order valence-corrected chi connectivity index (χ4v) is 3.21. The summed E-state index contributed by atoms with van der Waals surface area (Å²) in [7, 11) is 0. The third-order valence-electron chi connectivity index (χ3n) is 4.58. The van der Waals surface area contributed by atoms with Crippen molar-refractivity contribution < 1.29 is 9.47 Å². The maximum Gasteiger partial charge on any atom is 0.145 e. The lowest BCUT2D eigenvalue weighted by Gasteiger charge is -2.26. The van der Waals surface area contributed by atoms with Gasteiger partial charge in [0.2, 0.25) is 0 Å². The van der Waals surface area contributed by atoms with Crippen molar-refractivity contribution >= 4 is 11.0 Å². The van der Waals surface area contributed by atoms with Crippen LogP contribution in [0.15, 0.2) is 24.5 Å². The molecule has 5 heteroatoms. The molecule has 1 saturated heterocycles. The van der Waals surface area contributed by atoms with E-state index in [1.807, 2.05) is 12.4 Å². The van der Waals surface area contributed by atoms with Gasteiger partial charge in [0.1, 0.15) is 11.3 Å². The smallest absolute Gasteiger partial charge is 0.145 e. The number of nitrogens with zero attached hydrogens (tertiary/aromatic N) is 3. The number of benzene rings is 1. The maximum absolute atomic E-state index is 6.10. The Balaban J connectivity index is 1.56. The summed E-state index contributed by atoms with van der Waals surface area (Å²) in [6, 6.07) is 6.16. The van der Waals surface area contributed by atoms with Gasteiger partial charge in [0.25, 0.3) is 0 Å². The molecule has 0 amide bonds. The van der Waals surface area contributed by atoms with E-state index in [-0.39, 0.29) is 0 Å². The Morgan fingerprint density at radius 3 is 2.83 bits per heavy atom. The molecular weight excluding hydrogens is 302 g/mol. The molecule has 3 rings (SSSR count). The van der Waals surface area contributed by atoms with Crippen molar-refractivity contribution in [2.45, 2.75) is 39.2 Å². The fourth-order valence-electron chi connectivity index (χ4n) is 3.21. The number of aryl methyl sites for hydroxylation is 1. The van der Waals surface area contributed by atoms with E-state index >= 15 is 0 Å². The van der Waals surface area contributed by atoms with Crippen LogP contribution in [-0.4, -0.2) is 53.9 Å². The highest BCUT2D eigenvalue weighted by Gasteiger charge is 2.11. The second kappa shape index (κ2) is 9.04. The summed E-state index contributed by atoms with van der Waals surface area (Å²) in [5, 5.41) is 0. The standard InChI is InChI=1S/C19H29N3O2/c1-2-3-4-10-22-16-20-17-7-5-8-18(19(17)22)24-13-6-9-21-11-14-23-15-12-21/h5,7-8,16H,2-4,6,9-15H2,1H3. The Labute approximate surface area is 144 Å². The maximum atomic E-state index is 6.10. The molecular formula is C19H29N3O2. The largest absolute Gasteiger partial charge is 0.491 e. The molecule has 0 atom stereocenters. The molecule has 1 fully saturated rings. The number of aromatic nitrogens is 2. The summed E-state index contributed by atoms with van der Waals surface area (Å²) in [4.78, 5) is 6.97. The zero-order valence-corrected chi connectivity index (χ0v) is 14.7. The van der Waals surface area contributed by atoms with Crippen molar-refractivity contribution in [3.05, 3.63) is 24.5 Å². The highest BCUT2D eigenvalue weighted by Crippen LogP contribution is 2.25. The molecule has 1 aliphatic heterocycles. The molecule has 0 bridgehead atoms. The monoisotopic (exact) mass is 331 g/mol. The number of unbranched alkanes of at least 4 members (excludes halogenated alkanes) is 2. The first-order valence-corrected chi connectivity index (χ1v) is 9.25. The predicted octanol–water partition coefficient (Wildman–Crippen LogP) is 3.33. The van der Waals surface area contributed by atoms with E-state index in [1.165, 1.54) is 19.3 Å². The Bertz CT molecular complexity index is 620. The van der Waals surface area contributed by atoms with Gasteiger partial charge in [-0.25, -0.2) is 4.98 Å². The SMILES string of the molecule is CCCCCn1cnc2cccc(OCCCN3CCOCC3)c21. The minimum Gasteiger partial charge on any atom is -0.491 e. The number of imidazole rings is 1. The topological polar surface area (TPSA) is 39.5 Å². The molecule has 0 N–H and O–H groups in total.